The Balaban J connectivity index is 1.69. The van der Waals surface area contributed by atoms with E-state index >= 15 is 0 Å². The fourth-order valence-corrected chi connectivity index (χ4v) is 3.57. The standard InChI is InChI=1S/C13H16N2OS/c1-15(10-7-14-8-10)13(16)12-6-9-4-2-3-5-11(9)17-12/h2-5,10,12,14H,6-8H2,1H3. The predicted molar refractivity (Wildman–Crippen MR) is 69.2 cm³/mol. The lowest BCUT2D eigenvalue weighted by Gasteiger charge is -2.36. The number of carbonyl (C=O) groups is 1. The maximum absolute atomic E-state index is 12.3. The summed E-state index contributed by atoms with van der Waals surface area (Å²) in [6.07, 6.45) is 0.879. The Morgan fingerprint density at radius 1 is 1.41 bits per heavy atom. The maximum Gasteiger partial charge on any atom is 0.236 e. The molecule has 1 saturated heterocycles. The zero-order valence-corrected chi connectivity index (χ0v) is 10.7. The Morgan fingerprint density at radius 3 is 2.82 bits per heavy atom. The van der Waals surface area contributed by atoms with Crippen molar-refractivity contribution in [3.8, 4) is 0 Å². The number of thioether (sulfide) groups is 1. The van der Waals surface area contributed by atoms with Crippen LogP contribution in [-0.2, 0) is 11.2 Å². The number of likely N-dealkylation sites (N-methyl/N-ethyl adjacent to an activating group) is 1. The van der Waals surface area contributed by atoms with Gasteiger partial charge in [-0.2, -0.15) is 0 Å². The van der Waals surface area contributed by atoms with Gasteiger partial charge in [0, 0.05) is 25.0 Å². The lowest BCUT2D eigenvalue weighted by atomic mass is 10.1. The summed E-state index contributed by atoms with van der Waals surface area (Å²) in [5.41, 5.74) is 1.32. The van der Waals surface area contributed by atoms with Crippen LogP contribution in [0.2, 0.25) is 0 Å². The maximum atomic E-state index is 12.3. The van der Waals surface area contributed by atoms with E-state index < -0.39 is 0 Å². The van der Waals surface area contributed by atoms with Crippen molar-refractivity contribution in [3.63, 3.8) is 0 Å². The summed E-state index contributed by atoms with van der Waals surface area (Å²) in [7, 11) is 1.93. The molecule has 4 heteroatoms. The average molecular weight is 248 g/mol. The third-order valence-electron chi connectivity index (χ3n) is 3.58. The molecule has 0 radical (unpaired) electrons. The number of hydrogen-bond acceptors (Lipinski definition) is 3. The van der Waals surface area contributed by atoms with Crippen molar-refractivity contribution < 1.29 is 4.79 Å². The van der Waals surface area contributed by atoms with Crippen molar-refractivity contribution in [3.05, 3.63) is 29.8 Å². The SMILES string of the molecule is CN(C(=O)C1Cc2ccccc2S1)C1CNC1. The number of hydrogen-bond donors (Lipinski definition) is 1. The van der Waals surface area contributed by atoms with Crippen molar-refractivity contribution >= 4 is 17.7 Å². The van der Waals surface area contributed by atoms with E-state index in [0.29, 0.717) is 6.04 Å². The summed E-state index contributed by atoms with van der Waals surface area (Å²) in [5.74, 6) is 0.276. The smallest absolute Gasteiger partial charge is 0.236 e. The first kappa shape index (κ1) is 11.1. The van der Waals surface area contributed by atoms with Gasteiger partial charge in [0.2, 0.25) is 5.91 Å². The molecule has 17 heavy (non-hydrogen) atoms. The molecule has 0 spiro atoms. The highest BCUT2D eigenvalue weighted by atomic mass is 32.2. The lowest BCUT2D eigenvalue weighted by Crippen LogP contribution is -2.58. The molecule has 2 heterocycles. The molecule has 1 fully saturated rings. The summed E-state index contributed by atoms with van der Waals surface area (Å²) >= 11 is 1.71. The van der Waals surface area contributed by atoms with Crippen LogP contribution in [0.1, 0.15) is 5.56 Å². The monoisotopic (exact) mass is 248 g/mol. The highest BCUT2D eigenvalue weighted by Gasteiger charge is 2.34. The van der Waals surface area contributed by atoms with Gasteiger partial charge in [0.15, 0.2) is 0 Å². The van der Waals surface area contributed by atoms with Gasteiger partial charge in [-0.25, -0.2) is 0 Å². The first-order valence-electron chi connectivity index (χ1n) is 5.97. The van der Waals surface area contributed by atoms with Crippen molar-refractivity contribution in [2.24, 2.45) is 0 Å². The van der Waals surface area contributed by atoms with Crippen LogP contribution < -0.4 is 5.32 Å². The van der Waals surface area contributed by atoms with E-state index in [4.69, 9.17) is 0 Å². The van der Waals surface area contributed by atoms with E-state index in [1.807, 2.05) is 24.1 Å². The first-order valence-corrected chi connectivity index (χ1v) is 6.85. The minimum absolute atomic E-state index is 0.0815. The number of amides is 1. The minimum Gasteiger partial charge on any atom is -0.339 e. The fraction of sp³-hybridized carbons (Fsp3) is 0.462. The zero-order valence-electron chi connectivity index (χ0n) is 9.85. The van der Waals surface area contributed by atoms with Crippen LogP contribution in [0.25, 0.3) is 0 Å². The third kappa shape index (κ3) is 1.96. The van der Waals surface area contributed by atoms with Crippen molar-refractivity contribution in [2.75, 3.05) is 20.1 Å². The van der Waals surface area contributed by atoms with E-state index in [-0.39, 0.29) is 11.2 Å². The van der Waals surface area contributed by atoms with E-state index in [9.17, 15) is 4.79 Å². The van der Waals surface area contributed by atoms with Gasteiger partial charge in [-0.05, 0) is 18.1 Å². The molecule has 0 bridgehead atoms. The van der Waals surface area contributed by atoms with Crippen molar-refractivity contribution in [1.29, 1.82) is 0 Å². The number of benzene rings is 1. The first-order chi connectivity index (χ1) is 8.25. The molecule has 1 amide bonds. The molecule has 1 unspecified atom stereocenters. The molecule has 1 atom stereocenters. The number of fused-ring (bicyclic) bond motifs is 1. The second-order valence-corrected chi connectivity index (χ2v) is 5.92. The summed E-state index contributed by atoms with van der Waals surface area (Å²) in [6, 6.07) is 8.72. The van der Waals surface area contributed by atoms with E-state index in [1.165, 1.54) is 10.5 Å². The summed E-state index contributed by atoms with van der Waals surface area (Å²) in [4.78, 5) is 15.5. The molecule has 3 nitrogen and oxygen atoms in total. The number of carbonyl (C=O) groups excluding carboxylic acids is 1. The molecular formula is C13H16N2OS. The Bertz CT molecular complexity index is 420. The Morgan fingerprint density at radius 2 is 2.18 bits per heavy atom. The van der Waals surface area contributed by atoms with Gasteiger partial charge in [0.05, 0.1) is 11.3 Å². The van der Waals surface area contributed by atoms with Crippen LogP contribution in [0, 0.1) is 0 Å². The molecule has 2 aliphatic heterocycles. The molecule has 0 aliphatic carbocycles. The van der Waals surface area contributed by atoms with Gasteiger partial charge in [-0.1, -0.05) is 18.2 Å². The number of rotatable bonds is 2. The summed E-state index contributed by atoms with van der Waals surface area (Å²) < 4.78 is 0. The van der Waals surface area contributed by atoms with Crippen LogP contribution in [0.4, 0.5) is 0 Å². The molecule has 2 aliphatic rings. The quantitative estimate of drug-likeness (QED) is 0.851. The highest BCUT2D eigenvalue weighted by Crippen LogP contribution is 2.37. The largest absolute Gasteiger partial charge is 0.339 e. The Hall–Kier alpha value is -1.00. The van der Waals surface area contributed by atoms with E-state index in [2.05, 4.69) is 17.4 Å². The van der Waals surface area contributed by atoms with Crippen LogP contribution in [-0.4, -0.2) is 42.2 Å². The van der Waals surface area contributed by atoms with Crippen LogP contribution in [0.15, 0.2) is 29.2 Å². The molecule has 1 aromatic carbocycles. The summed E-state index contributed by atoms with van der Waals surface area (Å²) in [6.45, 7) is 1.87. The number of nitrogens with one attached hydrogen (secondary N) is 1. The van der Waals surface area contributed by atoms with Gasteiger partial charge in [0.1, 0.15) is 0 Å². The van der Waals surface area contributed by atoms with Crippen molar-refractivity contribution in [1.82, 2.24) is 10.2 Å². The zero-order chi connectivity index (χ0) is 11.8. The van der Waals surface area contributed by atoms with E-state index in [1.54, 1.807) is 11.8 Å². The van der Waals surface area contributed by atoms with Crippen molar-refractivity contribution in [2.45, 2.75) is 22.6 Å². The second kappa shape index (κ2) is 4.35. The molecule has 0 aromatic heterocycles. The Labute approximate surface area is 106 Å². The van der Waals surface area contributed by atoms with Crippen LogP contribution in [0.3, 0.4) is 0 Å². The van der Waals surface area contributed by atoms with Crippen LogP contribution >= 0.6 is 11.8 Å². The van der Waals surface area contributed by atoms with Gasteiger partial charge >= 0.3 is 0 Å². The normalized spacial score (nSPS) is 23.0. The van der Waals surface area contributed by atoms with Gasteiger partial charge in [-0.3, -0.25) is 4.79 Å². The van der Waals surface area contributed by atoms with Gasteiger partial charge < -0.3 is 10.2 Å². The molecule has 0 saturated carbocycles. The lowest BCUT2D eigenvalue weighted by molar-refractivity contribution is -0.132. The minimum atomic E-state index is 0.0815. The molecule has 1 aromatic rings. The summed E-state index contributed by atoms with van der Waals surface area (Å²) in [5, 5.41) is 3.29. The van der Waals surface area contributed by atoms with E-state index in [0.717, 1.165) is 19.5 Å². The van der Waals surface area contributed by atoms with Gasteiger partial charge in [-0.15, -0.1) is 11.8 Å². The molecular weight excluding hydrogens is 232 g/mol. The second-order valence-electron chi connectivity index (χ2n) is 4.68. The van der Waals surface area contributed by atoms with Crippen LogP contribution in [0.5, 0.6) is 0 Å². The highest BCUT2D eigenvalue weighted by molar-refractivity contribution is 8.01. The topological polar surface area (TPSA) is 32.3 Å². The average Bonchev–Trinajstić information content (AvgIpc) is 2.68. The predicted octanol–water partition coefficient (Wildman–Crippen LogP) is 1.13. The Kier molecular flexibility index (Phi) is 2.84. The molecule has 90 valence electrons. The van der Waals surface area contributed by atoms with Gasteiger partial charge in [0.25, 0.3) is 0 Å². The third-order valence-corrected chi connectivity index (χ3v) is 4.88. The molecule has 3 rings (SSSR count). The molecule has 1 N–H and O–H groups in total. The fourth-order valence-electron chi connectivity index (χ4n) is 2.27. The number of nitrogens with zero attached hydrogens (tertiary/aromatic N) is 1.